The summed E-state index contributed by atoms with van der Waals surface area (Å²) in [6, 6.07) is 39.8. The number of nitrogens with zero attached hydrogens (tertiary/aromatic N) is 1. The molecule has 0 spiro atoms. The van der Waals surface area contributed by atoms with Gasteiger partial charge in [0.25, 0.3) is 0 Å². The zero-order chi connectivity index (χ0) is 24.0. The Bertz CT molecular complexity index is 1400. The Kier molecular flexibility index (Phi) is 6.58. The van der Waals surface area contributed by atoms with Crippen LogP contribution in [0.3, 0.4) is 0 Å². The molecule has 0 fully saturated rings. The number of ketones is 1. The lowest BCUT2D eigenvalue weighted by Crippen LogP contribution is -2.24. The molecule has 0 saturated heterocycles. The zero-order valence-corrected chi connectivity index (χ0v) is 19.5. The maximum Gasteiger partial charge on any atom is 0.167 e. The quantitative estimate of drug-likeness (QED) is 0.251. The summed E-state index contributed by atoms with van der Waals surface area (Å²) >= 11 is 0. The lowest BCUT2D eigenvalue weighted by atomic mass is 9.97. The number of rotatable bonds is 8. The SMILES string of the molecule is O=C(Cc1c(O)cccc1N(Cc1ccccc1)Cc1ccccc1)c1ccc2ccccc2c1. The highest BCUT2D eigenvalue weighted by Crippen LogP contribution is 2.32. The third kappa shape index (κ3) is 5.25. The van der Waals surface area contributed by atoms with E-state index in [1.165, 1.54) is 11.1 Å². The van der Waals surface area contributed by atoms with Crippen molar-refractivity contribution in [3.63, 3.8) is 0 Å². The summed E-state index contributed by atoms with van der Waals surface area (Å²) in [6.45, 7) is 1.33. The lowest BCUT2D eigenvalue weighted by Gasteiger charge is -2.28. The molecular weight excluding hydrogens is 430 g/mol. The first-order valence-electron chi connectivity index (χ1n) is 11.8. The molecule has 0 bridgehead atoms. The Morgan fingerprint density at radius 2 is 1.23 bits per heavy atom. The van der Waals surface area contributed by atoms with Crippen LogP contribution >= 0.6 is 0 Å². The van der Waals surface area contributed by atoms with Crippen LogP contribution in [0.1, 0.15) is 27.0 Å². The van der Waals surface area contributed by atoms with Gasteiger partial charge in [-0.05, 0) is 40.1 Å². The molecule has 5 rings (SSSR count). The fourth-order valence-corrected chi connectivity index (χ4v) is 4.50. The largest absolute Gasteiger partial charge is 0.508 e. The number of carbonyl (C=O) groups excluding carboxylic acids is 1. The first-order chi connectivity index (χ1) is 17.2. The standard InChI is InChI=1S/C32H27NO2/c34-31-17-9-16-30(29(31)21-32(35)28-19-18-26-14-7-8-15-27(26)20-28)33(22-24-10-3-1-4-11-24)23-25-12-5-2-6-13-25/h1-20,34H,21-23H2. The third-order valence-corrected chi connectivity index (χ3v) is 6.31. The van der Waals surface area contributed by atoms with E-state index >= 15 is 0 Å². The highest BCUT2D eigenvalue weighted by atomic mass is 16.3. The molecule has 0 amide bonds. The van der Waals surface area contributed by atoms with Gasteiger partial charge in [-0.2, -0.15) is 0 Å². The predicted octanol–water partition coefficient (Wildman–Crippen LogP) is 7.18. The first-order valence-corrected chi connectivity index (χ1v) is 11.8. The monoisotopic (exact) mass is 457 g/mol. The number of phenolic OH excluding ortho intramolecular Hbond substituents is 1. The van der Waals surface area contributed by atoms with Crippen molar-refractivity contribution in [3.8, 4) is 5.75 Å². The van der Waals surface area contributed by atoms with E-state index in [1.54, 1.807) is 6.07 Å². The molecule has 0 aliphatic rings. The summed E-state index contributed by atoms with van der Waals surface area (Å²) in [5.74, 6) is 0.126. The van der Waals surface area contributed by atoms with Gasteiger partial charge in [-0.15, -0.1) is 0 Å². The molecule has 3 heteroatoms. The van der Waals surface area contributed by atoms with Crippen molar-refractivity contribution < 1.29 is 9.90 Å². The molecule has 0 saturated carbocycles. The molecule has 172 valence electrons. The fraction of sp³-hybridized carbons (Fsp3) is 0.0938. The van der Waals surface area contributed by atoms with Crippen LogP contribution in [0.25, 0.3) is 10.8 Å². The Hall–Kier alpha value is -4.37. The summed E-state index contributed by atoms with van der Waals surface area (Å²) in [4.78, 5) is 15.6. The number of hydrogen-bond donors (Lipinski definition) is 1. The second kappa shape index (κ2) is 10.3. The number of fused-ring (bicyclic) bond motifs is 1. The van der Waals surface area contributed by atoms with Crippen LogP contribution in [0.5, 0.6) is 5.75 Å². The number of aromatic hydroxyl groups is 1. The highest BCUT2D eigenvalue weighted by Gasteiger charge is 2.19. The van der Waals surface area contributed by atoms with Crippen LogP contribution in [0.15, 0.2) is 121 Å². The Labute approximate surface area is 205 Å². The Balaban J connectivity index is 1.49. The van der Waals surface area contributed by atoms with Crippen molar-refractivity contribution in [2.24, 2.45) is 0 Å². The molecule has 0 atom stereocenters. The molecule has 0 heterocycles. The van der Waals surface area contributed by atoms with E-state index in [0.717, 1.165) is 16.5 Å². The van der Waals surface area contributed by atoms with Crippen molar-refractivity contribution in [2.75, 3.05) is 4.90 Å². The predicted molar refractivity (Wildman–Crippen MR) is 143 cm³/mol. The molecule has 0 aromatic heterocycles. The van der Waals surface area contributed by atoms with Crippen molar-refractivity contribution in [3.05, 3.63) is 144 Å². The van der Waals surface area contributed by atoms with Gasteiger partial charge in [0.2, 0.25) is 0 Å². The average Bonchev–Trinajstić information content (AvgIpc) is 2.90. The van der Waals surface area contributed by atoms with Crippen molar-refractivity contribution in [1.29, 1.82) is 0 Å². The van der Waals surface area contributed by atoms with Gasteiger partial charge in [-0.3, -0.25) is 4.79 Å². The summed E-state index contributed by atoms with van der Waals surface area (Å²) in [7, 11) is 0. The number of carbonyl (C=O) groups is 1. The maximum absolute atomic E-state index is 13.4. The fourth-order valence-electron chi connectivity index (χ4n) is 4.50. The number of Topliss-reactive ketones (excluding diaryl/α,β-unsaturated/α-hetero) is 1. The topological polar surface area (TPSA) is 40.5 Å². The van der Waals surface area contributed by atoms with Gasteiger partial charge in [0.1, 0.15) is 5.75 Å². The summed E-state index contributed by atoms with van der Waals surface area (Å²) < 4.78 is 0. The minimum absolute atomic E-state index is 0.0159. The molecule has 1 N–H and O–H groups in total. The summed E-state index contributed by atoms with van der Waals surface area (Å²) in [5, 5.41) is 13.0. The molecule has 5 aromatic carbocycles. The molecule has 0 unspecified atom stereocenters. The van der Waals surface area contributed by atoms with E-state index in [4.69, 9.17) is 0 Å². The van der Waals surface area contributed by atoms with Gasteiger partial charge in [0.15, 0.2) is 5.78 Å². The lowest BCUT2D eigenvalue weighted by molar-refractivity contribution is 0.0992. The number of hydrogen-bond acceptors (Lipinski definition) is 3. The molecule has 5 aromatic rings. The van der Waals surface area contributed by atoms with E-state index in [2.05, 4.69) is 29.2 Å². The average molecular weight is 458 g/mol. The number of benzene rings is 5. The second-order valence-electron chi connectivity index (χ2n) is 8.76. The molecule has 0 aliphatic heterocycles. The van der Waals surface area contributed by atoms with Gasteiger partial charge in [0.05, 0.1) is 0 Å². The van der Waals surface area contributed by atoms with Crippen LogP contribution < -0.4 is 4.90 Å². The summed E-state index contributed by atoms with van der Waals surface area (Å²) in [6.07, 6.45) is 0.125. The summed E-state index contributed by atoms with van der Waals surface area (Å²) in [5.41, 5.74) is 4.50. The number of phenols is 1. The van der Waals surface area contributed by atoms with Crippen LogP contribution in [-0.4, -0.2) is 10.9 Å². The van der Waals surface area contributed by atoms with Gasteiger partial charge < -0.3 is 10.0 Å². The van der Waals surface area contributed by atoms with Crippen molar-refractivity contribution >= 4 is 22.2 Å². The van der Waals surface area contributed by atoms with E-state index in [1.807, 2.05) is 91.0 Å². The third-order valence-electron chi connectivity index (χ3n) is 6.31. The van der Waals surface area contributed by atoms with Gasteiger partial charge in [-0.25, -0.2) is 0 Å². The minimum atomic E-state index is -0.0159. The molecule has 3 nitrogen and oxygen atoms in total. The minimum Gasteiger partial charge on any atom is -0.508 e. The number of anilines is 1. The maximum atomic E-state index is 13.4. The Morgan fingerprint density at radius 3 is 1.89 bits per heavy atom. The van der Waals surface area contributed by atoms with E-state index in [-0.39, 0.29) is 18.0 Å². The van der Waals surface area contributed by atoms with E-state index in [9.17, 15) is 9.90 Å². The van der Waals surface area contributed by atoms with E-state index in [0.29, 0.717) is 24.2 Å². The van der Waals surface area contributed by atoms with Gasteiger partial charge >= 0.3 is 0 Å². The molecular formula is C32H27NO2. The highest BCUT2D eigenvalue weighted by molar-refractivity contribution is 6.01. The first kappa shape index (κ1) is 22.4. The van der Waals surface area contributed by atoms with Crippen molar-refractivity contribution in [2.45, 2.75) is 19.5 Å². The molecule has 35 heavy (non-hydrogen) atoms. The van der Waals surface area contributed by atoms with E-state index < -0.39 is 0 Å². The van der Waals surface area contributed by atoms with Crippen LogP contribution in [0.2, 0.25) is 0 Å². The van der Waals surface area contributed by atoms with Gasteiger partial charge in [0, 0.05) is 36.3 Å². The van der Waals surface area contributed by atoms with Crippen LogP contribution in [0, 0.1) is 0 Å². The smallest absolute Gasteiger partial charge is 0.167 e. The zero-order valence-electron chi connectivity index (χ0n) is 19.5. The second-order valence-corrected chi connectivity index (χ2v) is 8.76. The van der Waals surface area contributed by atoms with Crippen LogP contribution in [-0.2, 0) is 19.5 Å². The van der Waals surface area contributed by atoms with Gasteiger partial charge in [-0.1, -0.05) is 103 Å². The normalized spacial score (nSPS) is 10.9. The molecule has 0 aliphatic carbocycles. The van der Waals surface area contributed by atoms with Crippen molar-refractivity contribution in [1.82, 2.24) is 0 Å². The van der Waals surface area contributed by atoms with Crippen LogP contribution in [0.4, 0.5) is 5.69 Å². The Morgan fingerprint density at radius 1 is 0.629 bits per heavy atom. The molecule has 0 radical (unpaired) electrons.